The van der Waals surface area contributed by atoms with Gasteiger partial charge in [0.25, 0.3) is 5.91 Å². The number of aromatic nitrogens is 2. The summed E-state index contributed by atoms with van der Waals surface area (Å²) < 4.78 is 0.505. The van der Waals surface area contributed by atoms with E-state index in [1.165, 1.54) is 0 Å². The molecule has 0 aliphatic rings. The molecule has 0 radical (unpaired) electrons. The zero-order valence-corrected chi connectivity index (χ0v) is 13.3. The van der Waals surface area contributed by atoms with Crippen LogP contribution in [0.4, 0.5) is 5.13 Å². The monoisotopic (exact) mass is 341 g/mol. The normalized spacial score (nSPS) is 10.3. The second-order valence-electron chi connectivity index (χ2n) is 3.74. The fourth-order valence-corrected chi connectivity index (χ4v) is 3.23. The number of rotatable bonds is 6. The van der Waals surface area contributed by atoms with Crippen molar-refractivity contribution in [2.45, 2.75) is 9.24 Å². The number of carboxylic acids is 1. The van der Waals surface area contributed by atoms with E-state index in [0.717, 1.165) is 28.0 Å². The highest BCUT2D eigenvalue weighted by Gasteiger charge is 2.11. The SMILES string of the molecule is CSc1ccc(C(=O)Nc2nnc(SCC(=O)O)s2)cc1. The summed E-state index contributed by atoms with van der Waals surface area (Å²) in [6.45, 7) is 0. The third-order valence-corrected chi connectivity index (χ3v) is 5.00. The number of carboxylic acid groups (broad SMARTS) is 1. The number of carbonyl (C=O) groups is 2. The first-order valence-electron chi connectivity index (χ1n) is 5.72. The fraction of sp³-hybridized carbons (Fsp3) is 0.167. The number of thioether (sulfide) groups is 2. The second kappa shape index (κ2) is 7.43. The second-order valence-corrected chi connectivity index (χ2v) is 6.82. The summed E-state index contributed by atoms with van der Waals surface area (Å²) >= 11 is 3.82. The van der Waals surface area contributed by atoms with Crippen LogP contribution in [0.15, 0.2) is 33.5 Å². The van der Waals surface area contributed by atoms with Crippen LogP contribution in [0.3, 0.4) is 0 Å². The molecule has 0 atom stereocenters. The van der Waals surface area contributed by atoms with Crippen LogP contribution in [0, 0.1) is 0 Å². The minimum atomic E-state index is -0.922. The lowest BCUT2D eigenvalue weighted by Gasteiger charge is -2.02. The van der Waals surface area contributed by atoms with Gasteiger partial charge in [0.2, 0.25) is 5.13 Å². The van der Waals surface area contributed by atoms with Crippen molar-refractivity contribution in [3.05, 3.63) is 29.8 Å². The largest absolute Gasteiger partial charge is 0.481 e. The van der Waals surface area contributed by atoms with E-state index in [-0.39, 0.29) is 11.7 Å². The predicted octanol–water partition coefficient (Wildman–Crippen LogP) is 2.69. The van der Waals surface area contributed by atoms with E-state index < -0.39 is 5.97 Å². The molecule has 0 unspecified atom stereocenters. The third-order valence-electron chi connectivity index (χ3n) is 2.30. The van der Waals surface area contributed by atoms with Crippen molar-refractivity contribution in [2.24, 2.45) is 0 Å². The fourth-order valence-electron chi connectivity index (χ4n) is 1.35. The summed E-state index contributed by atoms with van der Waals surface area (Å²) in [5.74, 6) is -1.28. The topological polar surface area (TPSA) is 92.2 Å². The summed E-state index contributed by atoms with van der Waals surface area (Å²) in [5, 5.41) is 19.2. The average Bonchev–Trinajstić information content (AvgIpc) is 2.92. The maximum Gasteiger partial charge on any atom is 0.313 e. The first kappa shape index (κ1) is 15.8. The molecule has 1 aromatic heterocycles. The molecule has 0 saturated heterocycles. The van der Waals surface area contributed by atoms with Gasteiger partial charge in [-0.15, -0.1) is 22.0 Å². The number of benzene rings is 1. The smallest absolute Gasteiger partial charge is 0.313 e. The molecule has 1 amide bonds. The Balaban J connectivity index is 1.97. The first-order valence-corrected chi connectivity index (χ1v) is 8.74. The Morgan fingerprint density at radius 1 is 1.29 bits per heavy atom. The van der Waals surface area contributed by atoms with Gasteiger partial charge in [-0.05, 0) is 30.5 Å². The molecule has 6 nitrogen and oxygen atoms in total. The lowest BCUT2D eigenvalue weighted by Crippen LogP contribution is -2.11. The van der Waals surface area contributed by atoms with Gasteiger partial charge in [-0.1, -0.05) is 23.1 Å². The molecule has 0 bridgehead atoms. The van der Waals surface area contributed by atoms with Crippen LogP contribution in [0.1, 0.15) is 10.4 Å². The predicted molar refractivity (Wildman–Crippen MR) is 84.4 cm³/mol. The molecule has 2 rings (SSSR count). The van der Waals surface area contributed by atoms with Crippen molar-refractivity contribution >= 4 is 51.9 Å². The summed E-state index contributed by atoms with van der Waals surface area (Å²) in [5.41, 5.74) is 0.530. The molecular weight excluding hydrogens is 330 g/mol. The molecule has 9 heteroatoms. The van der Waals surface area contributed by atoms with Crippen LogP contribution in [-0.4, -0.2) is 39.2 Å². The molecule has 0 spiro atoms. The molecule has 2 aromatic rings. The van der Waals surface area contributed by atoms with Gasteiger partial charge >= 0.3 is 5.97 Å². The first-order chi connectivity index (χ1) is 10.1. The zero-order valence-electron chi connectivity index (χ0n) is 10.9. The van der Waals surface area contributed by atoms with E-state index in [4.69, 9.17) is 5.11 Å². The number of nitrogens with one attached hydrogen (secondary N) is 1. The van der Waals surface area contributed by atoms with E-state index >= 15 is 0 Å². The van der Waals surface area contributed by atoms with Crippen LogP contribution in [-0.2, 0) is 4.79 Å². The van der Waals surface area contributed by atoms with Crippen molar-refractivity contribution < 1.29 is 14.7 Å². The standard InChI is InChI=1S/C12H11N3O3S3/c1-19-8-4-2-7(3-5-8)10(18)13-11-14-15-12(21-11)20-6-9(16)17/h2-5H,6H2,1H3,(H,16,17)(H,13,14,18). The van der Waals surface area contributed by atoms with Gasteiger partial charge in [0.15, 0.2) is 4.34 Å². The highest BCUT2D eigenvalue weighted by molar-refractivity contribution is 8.01. The molecule has 21 heavy (non-hydrogen) atoms. The summed E-state index contributed by atoms with van der Waals surface area (Å²) in [6, 6.07) is 7.21. The van der Waals surface area contributed by atoms with E-state index in [1.807, 2.05) is 18.4 Å². The highest BCUT2D eigenvalue weighted by Crippen LogP contribution is 2.25. The van der Waals surface area contributed by atoms with Crippen LogP contribution < -0.4 is 5.32 Å². The maximum atomic E-state index is 12.0. The van der Waals surface area contributed by atoms with Gasteiger partial charge in [-0.2, -0.15) is 0 Å². The van der Waals surface area contributed by atoms with Gasteiger partial charge in [-0.25, -0.2) is 0 Å². The average molecular weight is 341 g/mol. The Morgan fingerprint density at radius 2 is 2.00 bits per heavy atom. The minimum Gasteiger partial charge on any atom is -0.481 e. The molecule has 0 aliphatic heterocycles. The minimum absolute atomic E-state index is 0.0846. The van der Waals surface area contributed by atoms with Gasteiger partial charge < -0.3 is 5.11 Å². The van der Waals surface area contributed by atoms with Crippen molar-refractivity contribution in [1.82, 2.24) is 10.2 Å². The lowest BCUT2D eigenvalue weighted by molar-refractivity contribution is -0.133. The number of anilines is 1. The summed E-state index contributed by atoms with van der Waals surface area (Å²) in [4.78, 5) is 23.5. The van der Waals surface area contributed by atoms with Crippen molar-refractivity contribution in [3.8, 4) is 0 Å². The molecule has 2 N–H and O–H groups in total. The molecule has 0 fully saturated rings. The zero-order chi connectivity index (χ0) is 15.2. The van der Waals surface area contributed by atoms with Gasteiger partial charge in [0.1, 0.15) is 0 Å². The number of carbonyl (C=O) groups excluding carboxylic acids is 1. The quantitative estimate of drug-likeness (QED) is 0.616. The molecule has 110 valence electrons. The Bertz CT molecular complexity index is 643. The van der Waals surface area contributed by atoms with E-state index in [2.05, 4.69) is 15.5 Å². The number of hydrogen-bond donors (Lipinski definition) is 2. The Kier molecular flexibility index (Phi) is 5.59. The number of aliphatic carboxylic acids is 1. The highest BCUT2D eigenvalue weighted by atomic mass is 32.2. The Labute approximate surface area is 133 Å². The van der Waals surface area contributed by atoms with E-state index in [1.54, 1.807) is 23.9 Å². The number of nitrogens with zero attached hydrogens (tertiary/aromatic N) is 2. The van der Waals surface area contributed by atoms with Crippen LogP contribution >= 0.6 is 34.9 Å². The molecule has 0 aliphatic carbocycles. The van der Waals surface area contributed by atoms with E-state index in [0.29, 0.717) is 15.0 Å². The molecule has 0 saturated carbocycles. The third kappa shape index (κ3) is 4.73. The van der Waals surface area contributed by atoms with E-state index in [9.17, 15) is 9.59 Å². The summed E-state index contributed by atoms with van der Waals surface area (Å²) in [6.07, 6.45) is 1.96. The molecular formula is C12H11N3O3S3. The van der Waals surface area contributed by atoms with Crippen LogP contribution in [0.2, 0.25) is 0 Å². The Hall–Kier alpha value is -1.58. The number of hydrogen-bond acceptors (Lipinski definition) is 7. The Morgan fingerprint density at radius 3 is 2.62 bits per heavy atom. The van der Waals surface area contributed by atoms with Crippen molar-refractivity contribution in [2.75, 3.05) is 17.3 Å². The van der Waals surface area contributed by atoms with Gasteiger partial charge in [-0.3, -0.25) is 14.9 Å². The molecule has 1 aromatic carbocycles. The van der Waals surface area contributed by atoms with Gasteiger partial charge in [0.05, 0.1) is 5.75 Å². The van der Waals surface area contributed by atoms with Crippen molar-refractivity contribution in [1.29, 1.82) is 0 Å². The van der Waals surface area contributed by atoms with Crippen LogP contribution in [0.25, 0.3) is 0 Å². The van der Waals surface area contributed by atoms with Gasteiger partial charge in [0, 0.05) is 10.5 Å². The summed E-state index contributed by atoms with van der Waals surface area (Å²) in [7, 11) is 0. The lowest BCUT2D eigenvalue weighted by atomic mass is 10.2. The van der Waals surface area contributed by atoms with Crippen molar-refractivity contribution in [3.63, 3.8) is 0 Å². The number of amides is 1. The molecule has 1 heterocycles. The van der Waals surface area contributed by atoms with Crippen LogP contribution in [0.5, 0.6) is 0 Å². The maximum absolute atomic E-state index is 12.0.